The normalized spacial score (nSPS) is 13.3. The molecule has 0 aliphatic rings. The Labute approximate surface area is 128 Å². The highest BCUT2D eigenvalue weighted by atomic mass is 31.2. The SMILES string of the molecule is CC(C)CCCOP(=O)(CC(N)=NO)OCCCC(C)C. The van der Waals surface area contributed by atoms with Gasteiger partial charge in [-0.25, -0.2) is 0 Å². The second-order valence-corrected chi connectivity index (χ2v) is 8.15. The van der Waals surface area contributed by atoms with Crippen LogP contribution in [0.5, 0.6) is 0 Å². The van der Waals surface area contributed by atoms with Gasteiger partial charge in [-0.05, 0) is 37.5 Å². The third-order valence-corrected chi connectivity index (χ3v) is 4.77. The molecule has 3 N–H and O–H groups in total. The smallest absolute Gasteiger partial charge is 0.338 e. The van der Waals surface area contributed by atoms with Crippen LogP contribution in [-0.2, 0) is 13.6 Å². The summed E-state index contributed by atoms with van der Waals surface area (Å²) < 4.78 is 23.4. The van der Waals surface area contributed by atoms with Crippen LogP contribution < -0.4 is 5.73 Å². The molecule has 0 aromatic carbocycles. The molecule has 6 nitrogen and oxygen atoms in total. The van der Waals surface area contributed by atoms with Gasteiger partial charge in [0.25, 0.3) is 0 Å². The Balaban J connectivity index is 4.30. The van der Waals surface area contributed by atoms with E-state index in [1.54, 1.807) is 0 Å². The van der Waals surface area contributed by atoms with Crippen molar-refractivity contribution in [3.05, 3.63) is 0 Å². The summed E-state index contributed by atoms with van der Waals surface area (Å²) in [6, 6.07) is 0. The third-order valence-electron chi connectivity index (χ3n) is 2.91. The third kappa shape index (κ3) is 11.7. The Bertz CT molecular complexity index is 326. The van der Waals surface area contributed by atoms with Gasteiger partial charge in [0.1, 0.15) is 6.16 Å². The summed E-state index contributed by atoms with van der Waals surface area (Å²) in [5, 5.41) is 11.5. The van der Waals surface area contributed by atoms with E-state index in [2.05, 4.69) is 32.9 Å². The molecule has 126 valence electrons. The molecule has 0 aromatic heterocycles. The van der Waals surface area contributed by atoms with Crippen LogP contribution in [-0.4, -0.2) is 30.4 Å². The summed E-state index contributed by atoms with van der Waals surface area (Å²) in [4.78, 5) is 0. The summed E-state index contributed by atoms with van der Waals surface area (Å²) in [6.45, 7) is 9.21. The molecule has 0 aliphatic heterocycles. The largest absolute Gasteiger partial charge is 0.409 e. The van der Waals surface area contributed by atoms with Crippen LogP contribution in [0.15, 0.2) is 5.16 Å². The molecule has 0 bridgehead atoms. The lowest BCUT2D eigenvalue weighted by Gasteiger charge is -2.18. The van der Waals surface area contributed by atoms with Crippen LogP contribution >= 0.6 is 7.60 Å². The maximum Gasteiger partial charge on any atom is 0.338 e. The van der Waals surface area contributed by atoms with Gasteiger partial charge in [-0.1, -0.05) is 32.9 Å². The van der Waals surface area contributed by atoms with Gasteiger partial charge in [0.05, 0.1) is 13.2 Å². The molecule has 0 fully saturated rings. The van der Waals surface area contributed by atoms with Crippen LogP contribution in [0, 0.1) is 11.8 Å². The van der Waals surface area contributed by atoms with Gasteiger partial charge >= 0.3 is 7.60 Å². The zero-order valence-corrected chi connectivity index (χ0v) is 14.6. The molecule has 0 heterocycles. The first-order valence-electron chi connectivity index (χ1n) is 7.63. The molecular weight excluding hydrogens is 291 g/mol. The Kier molecular flexibility index (Phi) is 10.7. The van der Waals surface area contributed by atoms with Crippen LogP contribution in [0.4, 0.5) is 0 Å². The van der Waals surface area contributed by atoms with E-state index in [1.165, 1.54) is 0 Å². The lowest BCUT2D eigenvalue weighted by Crippen LogP contribution is -2.19. The highest BCUT2D eigenvalue weighted by Gasteiger charge is 2.26. The van der Waals surface area contributed by atoms with E-state index in [0.29, 0.717) is 25.0 Å². The van der Waals surface area contributed by atoms with Gasteiger partial charge in [0, 0.05) is 0 Å². The van der Waals surface area contributed by atoms with Crippen molar-refractivity contribution in [3.63, 3.8) is 0 Å². The number of amidine groups is 1. The average molecular weight is 322 g/mol. The molecule has 0 atom stereocenters. The zero-order chi connectivity index (χ0) is 16.3. The minimum Gasteiger partial charge on any atom is -0.409 e. The molecule has 0 radical (unpaired) electrons. The van der Waals surface area contributed by atoms with Gasteiger partial charge in [-0.3, -0.25) is 4.57 Å². The zero-order valence-electron chi connectivity index (χ0n) is 13.7. The molecule has 0 unspecified atom stereocenters. The predicted molar refractivity (Wildman–Crippen MR) is 85.9 cm³/mol. The first-order chi connectivity index (χ1) is 9.79. The van der Waals surface area contributed by atoms with E-state index >= 15 is 0 Å². The van der Waals surface area contributed by atoms with E-state index in [0.717, 1.165) is 25.7 Å². The van der Waals surface area contributed by atoms with Crippen molar-refractivity contribution in [1.29, 1.82) is 0 Å². The van der Waals surface area contributed by atoms with E-state index in [1.807, 2.05) is 0 Å². The number of nitrogens with zero attached hydrogens (tertiary/aromatic N) is 1. The van der Waals surface area contributed by atoms with Gasteiger partial charge < -0.3 is 20.0 Å². The van der Waals surface area contributed by atoms with Crippen molar-refractivity contribution in [1.82, 2.24) is 0 Å². The minimum absolute atomic E-state index is 0.133. The standard InChI is InChI=1S/C14H31N2O4P/c1-12(2)7-5-9-19-21(18,11-14(15)16-17)20-10-6-8-13(3)4/h12-13,17H,5-11H2,1-4H3,(H2,15,16). The van der Waals surface area contributed by atoms with Gasteiger partial charge in [0.2, 0.25) is 0 Å². The van der Waals surface area contributed by atoms with Crippen molar-refractivity contribution in [2.24, 2.45) is 22.7 Å². The van der Waals surface area contributed by atoms with E-state index < -0.39 is 7.60 Å². The molecule has 0 saturated carbocycles. The molecular formula is C14H31N2O4P. The first kappa shape index (κ1) is 20.4. The van der Waals surface area contributed by atoms with Crippen LogP contribution in [0.25, 0.3) is 0 Å². The molecule has 0 aromatic rings. The van der Waals surface area contributed by atoms with E-state index in [9.17, 15) is 4.57 Å². The molecule has 21 heavy (non-hydrogen) atoms. The fraction of sp³-hybridized carbons (Fsp3) is 0.929. The molecule has 0 saturated heterocycles. The predicted octanol–water partition coefficient (Wildman–Crippen LogP) is 3.83. The lowest BCUT2D eigenvalue weighted by atomic mass is 10.1. The monoisotopic (exact) mass is 322 g/mol. The number of oxime groups is 1. The van der Waals surface area contributed by atoms with Crippen LogP contribution in [0.3, 0.4) is 0 Å². The summed E-state index contributed by atoms with van der Waals surface area (Å²) in [5.41, 5.74) is 5.43. The summed E-state index contributed by atoms with van der Waals surface area (Å²) in [5.74, 6) is 1.01. The van der Waals surface area contributed by atoms with Gasteiger partial charge in [0.15, 0.2) is 5.84 Å². The van der Waals surface area contributed by atoms with Crippen LogP contribution in [0.2, 0.25) is 0 Å². The fourth-order valence-corrected chi connectivity index (χ4v) is 3.28. The molecule has 0 amide bonds. The Hall–Kier alpha value is -0.580. The van der Waals surface area contributed by atoms with E-state index in [4.69, 9.17) is 20.0 Å². The Morgan fingerprint density at radius 1 is 1.10 bits per heavy atom. The maximum absolute atomic E-state index is 12.6. The molecule has 7 heteroatoms. The number of hydrogen-bond donors (Lipinski definition) is 2. The molecule has 0 aliphatic carbocycles. The van der Waals surface area contributed by atoms with Crippen molar-refractivity contribution in [2.45, 2.75) is 53.4 Å². The van der Waals surface area contributed by atoms with Crippen molar-refractivity contribution < 1.29 is 18.8 Å². The number of hydrogen-bond acceptors (Lipinski definition) is 5. The number of nitrogens with two attached hydrogens (primary N) is 1. The van der Waals surface area contributed by atoms with Crippen molar-refractivity contribution >= 4 is 13.4 Å². The summed E-state index contributed by atoms with van der Waals surface area (Å²) >= 11 is 0. The maximum atomic E-state index is 12.6. The first-order valence-corrected chi connectivity index (χ1v) is 9.36. The highest BCUT2D eigenvalue weighted by Crippen LogP contribution is 2.48. The molecule has 0 rings (SSSR count). The second kappa shape index (κ2) is 11.0. The fourth-order valence-electron chi connectivity index (χ4n) is 1.75. The van der Waals surface area contributed by atoms with Crippen molar-refractivity contribution in [2.75, 3.05) is 19.4 Å². The number of rotatable bonds is 12. The van der Waals surface area contributed by atoms with Crippen molar-refractivity contribution in [3.8, 4) is 0 Å². The summed E-state index contributed by atoms with van der Waals surface area (Å²) in [6.07, 6.45) is 3.45. The van der Waals surface area contributed by atoms with Gasteiger partial charge in [-0.2, -0.15) is 0 Å². The average Bonchev–Trinajstić information content (AvgIpc) is 2.39. The van der Waals surface area contributed by atoms with E-state index in [-0.39, 0.29) is 12.0 Å². The minimum atomic E-state index is -3.33. The second-order valence-electron chi connectivity index (χ2n) is 6.10. The van der Waals surface area contributed by atoms with Crippen LogP contribution in [0.1, 0.15) is 53.4 Å². The Morgan fingerprint density at radius 3 is 1.86 bits per heavy atom. The van der Waals surface area contributed by atoms with Gasteiger partial charge in [-0.15, -0.1) is 0 Å². The highest BCUT2D eigenvalue weighted by molar-refractivity contribution is 7.54. The Morgan fingerprint density at radius 2 is 1.52 bits per heavy atom. The lowest BCUT2D eigenvalue weighted by molar-refractivity contribution is 0.196. The topological polar surface area (TPSA) is 94.1 Å². The molecule has 0 spiro atoms. The quantitative estimate of drug-likeness (QED) is 0.142. The summed E-state index contributed by atoms with van der Waals surface area (Å²) in [7, 11) is -3.33.